The van der Waals surface area contributed by atoms with Gasteiger partial charge in [0.25, 0.3) is 0 Å². The number of carbonyl (C=O) groups is 1. The maximum atomic E-state index is 10.9. The highest BCUT2D eigenvalue weighted by molar-refractivity contribution is 6.30. The molecule has 4 nitrogen and oxygen atoms in total. The minimum absolute atomic E-state index is 0.00626. The van der Waals surface area contributed by atoms with Gasteiger partial charge < -0.3 is 15.5 Å². The summed E-state index contributed by atoms with van der Waals surface area (Å²) in [5, 5.41) is 23.6. The fraction of sp³-hybridized carbons (Fsp3) is 0.316. The van der Waals surface area contributed by atoms with Gasteiger partial charge in [-0.3, -0.25) is 0 Å². The van der Waals surface area contributed by atoms with Gasteiger partial charge in [0.2, 0.25) is 0 Å². The van der Waals surface area contributed by atoms with Crippen LogP contribution in [0.5, 0.6) is 0 Å². The second kappa shape index (κ2) is 7.34. The molecule has 24 heavy (non-hydrogen) atoms. The molecule has 1 aliphatic rings. The number of hydrogen-bond donors (Lipinski definition) is 3. The Kier molecular flexibility index (Phi) is 5.19. The van der Waals surface area contributed by atoms with Crippen molar-refractivity contribution in [3.63, 3.8) is 0 Å². The minimum Gasteiger partial charge on any atom is -0.478 e. The average molecular weight is 346 g/mol. The highest BCUT2D eigenvalue weighted by Crippen LogP contribution is 2.28. The first-order chi connectivity index (χ1) is 11.5. The third-order valence-corrected chi connectivity index (χ3v) is 4.77. The highest BCUT2D eigenvalue weighted by Gasteiger charge is 2.30. The van der Waals surface area contributed by atoms with E-state index in [1.807, 2.05) is 24.3 Å². The highest BCUT2D eigenvalue weighted by atomic mass is 35.5. The summed E-state index contributed by atoms with van der Waals surface area (Å²) in [6.45, 7) is 0. The summed E-state index contributed by atoms with van der Waals surface area (Å²) in [5.41, 5.74) is 2.22. The zero-order valence-electron chi connectivity index (χ0n) is 13.2. The van der Waals surface area contributed by atoms with Gasteiger partial charge in [-0.1, -0.05) is 35.9 Å². The number of aromatic carboxylic acids is 1. The van der Waals surface area contributed by atoms with Gasteiger partial charge in [0.15, 0.2) is 0 Å². The predicted octanol–water partition coefficient (Wildman–Crippen LogP) is 3.43. The van der Waals surface area contributed by atoms with Gasteiger partial charge in [-0.05, 0) is 54.7 Å². The molecule has 0 saturated carbocycles. The molecule has 2 aromatic rings. The van der Waals surface area contributed by atoms with E-state index in [0.29, 0.717) is 10.6 Å². The second-order valence-electron chi connectivity index (χ2n) is 6.25. The fourth-order valence-electron chi connectivity index (χ4n) is 3.25. The van der Waals surface area contributed by atoms with Crippen molar-refractivity contribution in [2.24, 2.45) is 0 Å². The lowest BCUT2D eigenvalue weighted by Crippen LogP contribution is -2.35. The van der Waals surface area contributed by atoms with Crippen LogP contribution in [0.2, 0.25) is 5.02 Å². The third-order valence-electron chi connectivity index (χ3n) is 4.53. The summed E-state index contributed by atoms with van der Waals surface area (Å²) < 4.78 is 0. The molecule has 1 heterocycles. The van der Waals surface area contributed by atoms with Crippen molar-refractivity contribution in [3.05, 3.63) is 70.2 Å². The fourth-order valence-corrected chi connectivity index (χ4v) is 3.45. The van der Waals surface area contributed by atoms with Crippen molar-refractivity contribution in [2.75, 3.05) is 0 Å². The number of carboxylic acids is 1. The molecule has 3 N–H and O–H groups in total. The molecule has 3 rings (SSSR count). The van der Waals surface area contributed by atoms with Crippen molar-refractivity contribution in [2.45, 2.75) is 37.5 Å². The molecule has 5 heteroatoms. The van der Waals surface area contributed by atoms with Crippen molar-refractivity contribution < 1.29 is 15.0 Å². The van der Waals surface area contributed by atoms with Crippen LogP contribution in [-0.2, 0) is 6.42 Å². The molecule has 3 atom stereocenters. The minimum atomic E-state index is -0.912. The van der Waals surface area contributed by atoms with Crippen LogP contribution in [0.15, 0.2) is 48.5 Å². The van der Waals surface area contributed by atoms with E-state index in [-0.39, 0.29) is 12.1 Å². The zero-order chi connectivity index (χ0) is 17.1. The Morgan fingerprint density at radius 1 is 1.21 bits per heavy atom. The number of aliphatic hydroxyl groups is 1. The van der Waals surface area contributed by atoms with Crippen LogP contribution in [0.3, 0.4) is 0 Å². The lowest BCUT2D eigenvalue weighted by Gasteiger charge is -2.20. The van der Waals surface area contributed by atoms with Gasteiger partial charge in [0.1, 0.15) is 0 Å². The molecule has 0 aromatic heterocycles. The largest absolute Gasteiger partial charge is 0.478 e. The zero-order valence-corrected chi connectivity index (χ0v) is 13.9. The smallest absolute Gasteiger partial charge is 0.335 e. The lowest BCUT2D eigenvalue weighted by atomic mass is 10.0. The molecule has 126 valence electrons. The van der Waals surface area contributed by atoms with Gasteiger partial charge in [-0.25, -0.2) is 4.79 Å². The topological polar surface area (TPSA) is 69.6 Å². The number of rotatable bonds is 5. The number of carboxylic acid groups (broad SMARTS) is 1. The molecule has 0 radical (unpaired) electrons. The monoisotopic (exact) mass is 345 g/mol. The molecular weight excluding hydrogens is 326 g/mol. The molecule has 1 saturated heterocycles. The molecule has 0 unspecified atom stereocenters. The Labute approximate surface area is 146 Å². The standard InChI is InChI=1S/C19H20ClNO3/c20-15-3-1-2-14(11-15)18(22)17-9-8-16(21-17)10-12-4-6-13(7-5-12)19(23)24/h1-7,11,16-18,21-22H,8-10H2,(H,23,24)/t16-,17+,18+/m0/s1. The van der Waals surface area contributed by atoms with Crippen LogP contribution >= 0.6 is 11.6 Å². The Morgan fingerprint density at radius 3 is 2.62 bits per heavy atom. The molecule has 2 aromatic carbocycles. The molecule has 0 aliphatic carbocycles. The van der Waals surface area contributed by atoms with Gasteiger partial charge in [-0.15, -0.1) is 0 Å². The van der Waals surface area contributed by atoms with Gasteiger partial charge in [-0.2, -0.15) is 0 Å². The van der Waals surface area contributed by atoms with E-state index in [4.69, 9.17) is 16.7 Å². The van der Waals surface area contributed by atoms with Crippen LogP contribution < -0.4 is 5.32 Å². The average Bonchev–Trinajstić information content (AvgIpc) is 3.03. The van der Waals surface area contributed by atoms with Crippen molar-refractivity contribution in [3.8, 4) is 0 Å². The van der Waals surface area contributed by atoms with Crippen LogP contribution in [0.4, 0.5) is 0 Å². The Balaban J connectivity index is 1.60. The summed E-state index contributed by atoms with van der Waals surface area (Å²) in [5.74, 6) is -0.912. The van der Waals surface area contributed by atoms with E-state index in [9.17, 15) is 9.90 Å². The lowest BCUT2D eigenvalue weighted by molar-refractivity contribution is 0.0697. The SMILES string of the molecule is O=C(O)c1ccc(C[C@@H]2CC[C@H]([C@H](O)c3cccc(Cl)c3)N2)cc1. The molecule has 1 aliphatic heterocycles. The Morgan fingerprint density at radius 2 is 1.96 bits per heavy atom. The maximum Gasteiger partial charge on any atom is 0.335 e. The quantitative estimate of drug-likeness (QED) is 0.776. The molecule has 0 spiro atoms. The van der Waals surface area contributed by atoms with E-state index in [1.165, 1.54) is 0 Å². The molecule has 1 fully saturated rings. The predicted molar refractivity (Wildman–Crippen MR) is 93.5 cm³/mol. The number of hydrogen-bond acceptors (Lipinski definition) is 3. The first kappa shape index (κ1) is 17.0. The second-order valence-corrected chi connectivity index (χ2v) is 6.69. The van der Waals surface area contributed by atoms with E-state index in [2.05, 4.69) is 5.32 Å². The van der Waals surface area contributed by atoms with E-state index in [0.717, 1.165) is 30.4 Å². The number of benzene rings is 2. The first-order valence-electron chi connectivity index (χ1n) is 8.05. The number of nitrogens with one attached hydrogen (secondary N) is 1. The first-order valence-corrected chi connectivity index (χ1v) is 8.42. The van der Waals surface area contributed by atoms with Gasteiger partial charge >= 0.3 is 5.97 Å². The van der Waals surface area contributed by atoms with Crippen LogP contribution in [0.25, 0.3) is 0 Å². The third kappa shape index (κ3) is 3.96. The Bertz CT molecular complexity index is 717. The van der Waals surface area contributed by atoms with E-state index < -0.39 is 12.1 Å². The van der Waals surface area contributed by atoms with Crippen molar-refractivity contribution >= 4 is 17.6 Å². The molecule has 0 amide bonds. The summed E-state index contributed by atoms with van der Waals surface area (Å²) in [6.07, 6.45) is 2.11. The maximum absolute atomic E-state index is 10.9. The van der Waals surface area contributed by atoms with Crippen molar-refractivity contribution in [1.82, 2.24) is 5.32 Å². The summed E-state index contributed by atoms with van der Waals surface area (Å²) in [4.78, 5) is 10.9. The number of halogens is 1. The van der Waals surface area contributed by atoms with Gasteiger partial charge in [0, 0.05) is 17.1 Å². The van der Waals surface area contributed by atoms with Crippen molar-refractivity contribution in [1.29, 1.82) is 0 Å². The van der Waals surface area contributed by atoms with Crippen LogP contribution in [0.1, 0.15) is 40.4 Å². The summed E-state index contributed by atoms with van der Waals surface area (Å²) in [7, 11) is 0. The van der Waals surface area contributed by atoms with E-state index in [1.54, 1.807) is 24.3 Å². The molecule has 0 bridgehead atoms. The van der Waals surface area contributed by atoms with Crippen LogP contribution in [0, 0.1) is 0 Å². The van der Waals surface area contributed by atoms with Crippen LogP contribution in [-0.4, -0.2) is 28.3 Å². The summed E-state index contributed by atoms with van der Waals surface area (Å²) >= 11 is 5.99. The van der Waals surface area contributed by atoms with E-state index >= 15 is 0 Å². The Hall–Kier alpha value is -1.88. The normalized spacial score (nSPS) is 21.6. The summed E-state index contributed by atoms with van der Waals surface area (Å²) in [6, 6.07) is 14.6. The van der Waals surface area contributed by atoms with Gasteiger partial charge in [0.05, 0.1) is 11.7 Å². The number of aliphatic hydroxyl groups excluding tert-OH is 1. The molecular formula is C19H20ClNO3.